The van der Waals surface area contributed by atoms with E-state index in [1.54, 1.807) is 6.20 Å². The van der Waals surface area contributed by atoms with Crippen molar-refractivity contribution in [3.8, 4) is 0 Å². The van der Waals surface area contributed by atoms with Crippen LogP contribution in [0.2, 0.25) is 0 Å². The van der Waals surface area contributed by atoms with Crippen molar-refractivity contribution in [1.82, 2.24) is 4.98 Å². The summed E-state index contributed by atoms with van der Waals surface area (Å²) in [6.07, 6.45) is 14.7. The predicted octanol–water partition coefficient (Wildman–Crippen LogP) is 5.72. The lowest BCUT2D eigenvalue weighted by atomic mass is 10.1. The molecule has 0 unspecified atom stereocenters. The van der Waals surface area contributed by atoms with E-state index in [4.69, 9.17) is 5.73 Å². The standard InChI is InChI=1S/C21H24N2.C2H6/c1-2-6-19-7-5-8-20(17-19)11-10-18(14-15-22)12-13-21-9-3-4-16-23-21;1-2/h3-5,7-12,14-17H,2,6,13,22H2,1H3;1-2H3/b11-10-,15-14-,18-12-;. The van der Waals surface area contributed by atoms with Crippen molar-refractivity contribution < 1.29 is 0 Å². The second-order valence-corrected chi connectivity index (χ2v) is 5.42. The van der Waals surface area contributed by atoms with Gasteiger partial charge in [-0.3, -0.25) is 4.98 Å². The van der Waals surface area contributed by atoms with Gasteiger partial charge >= 0.3 is 0 Å². The first kappa shape index (κ1) is 20.4. The molecule has 0 bridgehead atoms. The number of hydrogen-bond acceptors (Lipinski definition) is 2. The van der Waals surface area contributed by atoms with Crippen LogP contribution in [-0.4, -0.2) is 4.98 Å². The number of hydrogen-bond donors (Lipinski definition) is 1. The molecular formula is C23H30N2. The second kappa shape index (κ2) is 12.8. The number of benzene rings is 1. The molecule has 0 aliphatic carbocycles. The molecule has 0 saturated carbocycles. The van der Waals surface area contributed by atoms with E-state index >= 15 is 0 Å². The quantitative estimate of drug-likeness (QED) is 0.658. The number of aryl methyl sites for hydroxylation is 1. The Kier molecular flexibility index (Phi) is 10.4. The summed E-state index contributed by atoms with van der Waals surface area (Å²) in [6, 6.07) is 14.6. The summed E-state index contributed by atoms with van der Waals surface area (Å²) in [5, 5.41) is 0. The molecule has 25 heavy (non-hydrogen) atoms. The molecule has 1 aromatic heterocycles. The number of nitrogens with zero attached hydrogens (tertiary/aromatic N) is 1. The molecule has 2 aromatic rings. The first-order valence-electron chi connectivity index (χ1n) is 9.07. The van der Waals surface area contributed by atoms with Gasteiger partial charge in [0, 0.05) is 18.3 Å². The smallest absolute Gasteiger partial charge is 0.0441 e. The van der Waals surface area contributed by atoms with Gasteiger partial charge in [0.05, 0.1) is 0 Å². The minimum absolute atomic E-state index is 0.792. The third kappa shape index (κ3) is 8.16. The highest BCUT2D eigenvalue weighted by Crippen LogP contribution is 2.11. The van der Waals surface area contributed by atoms with Gasteiger partial charge in [-0.1, -0.05) is 75.8 Å². The molecule has 0 amide bonds. The minimum Gasteiger partial charge on any atom is -0.405 e. The van der Waals surface area contributed by atoms with E-state index < -0.39 is 0 Å². The van der Waals surface area contributed by atoms with Gasteiger partial charge in [-0.2, -0.15) is 0 Å². The third-order valence-electron chi connectivity index (χ3n) is 3.52. The van der Waals surface area contributed by atoms with Crippen LogP contribution in [0, 0.1) is 0 Å². The Morgan fingerprint density at radius 1 is 1.08 bits per heavy atom. The van der Waals surface area contributed by atoms with Gasteiger partial charge in [-0.05, 0) is 47.5 Å². The Morgan fingerprint density at radius 3 is 2.60 bits per heavy atom. The molecule has 132 valence electrons. The van der Waals surface area contributed by atoms with E-state index in [1.165, 1.54) is 11.1 Å². The second-order valence-electron chi connectivity index (χ2n) is 5.42. The summed E-state index contributed by atoms with van der Waals surface area (Å²) < 4.78 is 0. The molecule has 0 radical (unpaired) electrons. The highest BCUT2D eigenvalue weighted by atomic mass is 14.7. The SMILES string of the molecule is CC.CCCc1cccc(\C=C/C(/C=C\N)=C/Cc2ccccn2)c1. The van der Waals surface area contributed by atoms with Crippen LogP contribution in [0.15, 0.2) is 78.7 Å². The Balaban J connectivity index is 0.00000151. The lowest BCUT2D eigenvalue weighted by Crippen LogP contribution is -1.87. The molecule has 2 rings (SSSR count). The number of aromatic nitrogens is 1. The fraction of sp³-hybridized carbons (Fsp3) is 0.261. The average molecular weight is 335 g/mol. The van der Waals surface area contributed by atoms with Crippen molar-refractivity contribution >= 4 is 6.08 Å². The molecule has 2 heteroatoms. The molecule has 0 fully saturated rings. The van der Waals surface area contributed by atoms with Crippen LogP contribution < -0.4 is 5.73 Å². The molecule has 1 aromatic carbocycles. The van der Waals surface area contributed by atoms with Gasteiger partial charge in [0.25, 0.3) is 0 Å². The van der Waals surface area contributed by atoms with E-state index in [9.17, 15) is 0 Å². The molecular weight excluding hydrogens is 304 g/mol. The summed E-state index contributed by atoms with van der Waals surface area (Å²) in [4.78, 5) is 4.34. The Labute approximate surface area is 152 Å². The number of nitrogens with two attached hydrogens (primary N) is 1. The number of rotatable bonds is 7. The molecule has 0 saturated heterocycles. The Morgan fingerprint density at radius 2 is 1.92 bits per heavy atom. The fourth-order valence-electron chi connectivity index (χ4n) is 2.38. The lowest BCUT2D eigenvalue weighted by Gasteiger charge is -2.01. The summed E-state index contributed by atoms with van der Waals surface area (Å²) in [5.41, 5.74) is 10.3. The topological polar surface area (TPSA) is 38.9 Å². The van der Waals surface area contributed by atoms with Gasteiger partial charge in [0.1, 0.15) is 0 Å². The predicted molar refractivity (Wildman–Crippen MR) is 110 cm³/mol. The molecule has 0 aliphatic heterocycles. The van der Waals surface area contributed by atoms with Gasteiger partial charge in [0.2, 0.25) is 0 Å². The van der Waals surface area contributed by atoms with Crippen LogP contribution in [0.1, 0.15) is 44.0 Å². The maximum absolute atomic E-state index is 5.56. The van der Waals surface area contributed by atoms with Gasteiger partial charge < -0.3 is 5.73 Å². The average Bonchev–Trinajstić information content (AvgIpc) is 2.67. The van der Waals surface area contributed by atoms with E-state index in [-0.39, 0.29) is 0 Å². The van der Waals surface area contributed by atoms with Crippen LogP contribution in [0.25, 0.3) is 6.08 Å². The van der Waals surface area contributed by atoms with Crippen molar-refractivity contribution in [2.24, 2.45) is 5.73 Å². The van der Waals surface area contributed by atoms with Crippen LogP contribution in [0.4, 0.5) is 0 Å². The minimum atomic E-state index is 0.792. The van der Waals surface area contributed by atoms with Gasteiger partial charge in [-0.15, -0.1) is 0 Å². The summed E-state index contributed by atoms with van der Waals surface area (Å²) in [7, 11) is 0. The molecule has 0 atom stereocenters. The summed E-state index contributed by atoms with van der Waals surface area (Å²) in [6.45, 7) is 6.20. The maximum Gasteiger partial charge on any atom is 0.0441 e. The zero-order valence-electron chi connectivity index (χ0n) is 15.7. The zero-order valence-corrected chi connectivity index (χ0v) is 15.7. The summed E-state index contributed by atoms with van der Waals surface area (Å²) >= 11 is 0. The number of pyridine rings is 1. The largest absolute Gasteiger partial charge is 0.405 e. The summed E-state index contributed by atoms with van der Waals surface area (Å²) in [5.74, 6) is 0. The Bertz CT molecular complexity index is 682. The first-order valence-corrected chi connectivity index (χ1v) is 9.07. The van der Waals surface area contributed by atoms with Crippen LogP contribution in [0.3, 0.4) is 0 Å². The lowest BCUT2D eigenvalue weighted by molar-refractivity contribution is 0.921. The third-order valence-corrected chi connectivity index (χ3v) is 3.52. The van der Waals surface area contributed by atoms with Crippen molar-refractivity contribution in [3.05, 3.63) is 95.5 Å². The van der Waals surface area contributed by atoms with Crippen molar-refractivity contribution in [2.45, 2.75) is 40.0 Å². The van der Waals surface area contributed by atoms with Crippen molar-refractivity contribution in [1.29, 1.82) is 0 Å². The molecule has 2 nitrogen and oxygen atoms in total. The zero-order chi connectivity index (χ0) is 18.3. The molecule has 0 spiro atoms. The van der Waals surface area contributed by atoms with Gasteiger partial charge in [0.15, 0.2) is 0 Å². The van der Waals surface area contributed by atoms with Crippen LogP contribution in [-0.2, 0) is 12.8 Å². The van der Waals surface area contributed by atoms with E-state index in [1.807, 2.05) is 44.3 Å². The first-order chi connectivity index (χ1) is 12.3. The highest BCUT2D eigenvalue weighted by molar-refractivity contribution is 5.55. The van der Waals surface area contributed by atoms with Crippen molar-refractivity contribution in [2.75, 3.05) is 0 Å². The van der Waals surface area contributed by atoms with Crippen LogP contribution >= 0.6 is 0 Å². The molecule has 2 N–H and O–H groups in total. The van der Waals surface area contributed by atoms with E-state index in [2.05, 4.69) is 54.4 Å². The fourth-order valence-corrected chi connectivity index (χ4v) is 2.38. The van der Waals surface area contributed by atoms with Crippen molar-refractivity contribution in [3.63, 3.8) is 0 Å². The Hall–Kier alpha value is -2.61. The number of allylic oxidation sites excluding steroid dienone is 4. The van der Waals surface area contributed by atoms with Gasteiger partial charge in [-0.25, -0.2) is 0 Å². The molecule has 1 heterocycles. The normalized spacial score (nSPS) is 11.6. The van der Waals surface area contributed by atoms with E-state index in [0.717, 1.165) is 30.5 Å². The van der Waals surface area contributed by atoms with E-state index in [0.29, 0.717) is 0 Å². The monoisotopic (exact) mass is 334 g/mol. The molecule has 0 aliphatic rings. The maximum atomic E-state index is 5.56. The highest BCUT2D eigenvalue weighted by Gasteiger charge is 1.94. The van der Waals surface area contributed by atoms with Crippen LogP contribution in [0.5, 0.6) is 0 Å².